The standard InChI is InChI=1S/C3H6NO2S/c1-2-3(5)4-6-7/h7H,2H2,1H3. The number of thiol groups is 1. The van der Waals surface area contributed by atoms with E-state index in [-0.39, 0.29) is 5.90 Å². The van der Waals surface area contributed by atoms with E-state index < -0.39 is 0 Å². The topological polar surface area (TPSA) is 41.5 Å². The SMILES string of the molecule is CCC([O])=NOS. The van der Waals surface area contributed by atoms with Crippen LogP contribution in [0.1, 0.15) is 13.3 Å². The fourth-order valence-corrected chi connectivity index (χ4v) is 0.201. The van der Waals surface area contributed by atoms with E-state index >= 15 is 0 Å². The molecule has 0 rings (SSSR count). The van der Waals surface area contributed by atoms with Crippen LogP contribution in [0.4, 0.5) is 0 Å². The molecule has 0 saturated heterocycles. The highest BCUT2D eigenvalue weighted by molar-refractivity contribution is 7.75. The van der Waals surface area contributed by atoms with E-state index in [1.54, 1.807) is 6.92 Å². The first-order chi connectivity index (χ1) is 3.31. The van der Waals surface area contributed by atoms with Gasteiger partial charge in [0.2, 0.25) is 0 Å². The quantitative estimate of drug-likeness (QED) is 0.191. The van der Waals surface area contributed by atoms with Crippen LogP contribution >= 0.6 is 12.9 Å². The van der Waals surface area contributed by atoms with Crippen molar-refractivity contribution in [2.24, 2.45) is 5.16 Å². The summed E-state index contributed by atoms with van der Waals surface area (Å²) in [4.78, 5) is 0. The lowest BCUT2D eigenvalue weighted by Gasteiger charge is -1.82. The maximum absolute atomic E-state index is 10.1. The molecular formula is C3H6NO2S. The second kappa shape index (κ2) is 3.80. The molecule has 0 amide bonds. The Morgan fingerprint density at radius 2 is 2.57 bits per heavy atom. The van der Waals surface area contributed by atoms with Crippen molar-refractivity contribution >= 4 is 18.8 Å². The molecule has 0 aromatic heterocycles. The van der Waals surface area contributed by atoms with Crippen molar-refractivity contribution in [3.8, 4) is 0 Å². The molecule has 0 N–H and O–H groups in total. The normalized spacial score (nSPS) is 11.4. The monoisotopic (exact) mass is 120 g/mol. The molecule has 7 heavy (non-hydrogen) atoms. The summed E-state index contributed by atoms with van der Waals surface area (Å²) in [7, 11) is 0. The van der Waals surface area contributed by atoms with Crippen LogP contribution in [-0.4, -0.2) is 5.90 Å². The second-order valence-electron chi connectivity index (χ2n) is 0.920. The van der Waals surface area contributed by atoms with E-state index in [2.05, 4.69) is 22.3 Å². The van der Waals surface area contributed by atoms with E-state index in [1.807, 2.05) is 0 Å². The first-order valence-corrected chi connectivity index (χ1v) is 2.22. The van der Waals surface area contributed by atoms with Crippen LogP contribution in [0.2, 0.25) is 0 Å². The van der Waals surface area contributed by atoms with Gasteiger partial charge in [-0.1, -0.05) is 6.92 Å². The Kier molecular flexibility index (Phi) is 3.59. The minimum atomic E-state index is -0.296. The average molecular weight is 120 g/mol. The largest absolute Gasteiger partial charge is 0.322 e. The Hall–Kier alpha value is -0.380. The van der Waals surface area contributed by atoms with Crippen molar-refractivity contribution in [1.29, 1.82) is 0 Å². The van der Waals surface area contributed by atoms with Gasteiger partial charge in [0.1, 0.15) is 0 Å². The van der Waals surface area contributed by atoms with E-state index in [1.165, 1.54) is 0 Å². The van der Waals surface area contributed by atoms with Crippen LogP contribution in [0, 0.1) is 0 Å². The van der Waals surface area contributed by atoms with E-state index in [4.69, 9.17) is 0 Å². The van der Waals surface area contributed by atoms with Gasteiger partial charge in [-0.3, -0.25) is 5.11 Å². The summed E-state index contributed by atoms with van der Waals surface area (Å²) in [6.07, 6.45) is 0.362. The summed E-state index contributed by atoms with van der Waals surface area (Å²) in [5.41, 5.74) is 0. The average Bonchev–Trinajstić information content (AvgIpc) is 1.68. The molecule has 0 aromatic rings. The summed E-state index contributed by atoms with van der Waals surface area (Å²) in [5, 5.41) is 13.0. The lowest BCUT2D eigenvalue weighted by Crippen LogP contribution is -1.87. The molecule has 0 heterocycles. The van der Waals surface area contributed by atoms with Gasteiger partial charge in [0.25, 0.3) is 5.90 Å². The van der Waals surface area contributed by atoms with Crippen LogP contribution in [0.15, 0.2) is 5.16 Å². The second-order valence-corrected chi connectivity index (χ2v) is 1.08. The first-order valence-electron chi connectivity index (χ1n) is 1.85. The van der Waals surface area contributed by atoms with Gasteiger partial charge in [-0.05, 0) is 5.16 Å². The zero-order valence-electron chi connectivity index (χ0n) is 3.92. The highest BCUT2D eigenvalue weighted by Crippen LogP contribution is 1.84. The van der Waals surface area contributed by atoms with Gasteiger partial charge in [-0.2, -0.15) is 0 Å². The molecule has 1 radical (unpaired) electrons. The van der Waals surface area contributed by atoms with E-state index in [0.29, 0.717) is 6.42 Å². The van der Waals surface area contributed by atoms with Crippen molar-refractivity contribution in [2.75, 3.05) is 0 Å². The Balaban J connectivity index is 3.29. The minimum absolute atomic E-state index is 0.296. The van der Waals surface area contributed by atoms with Gasteiger partial charge >= 0.3 is 0 Å². The molecule has 3 nitrogen and oxygen atoms in total. The molecular weight excluding hydrogens is 114 g/mol. The molecule has 0 spiro atoms. The van der Waals surface area contributed by atoms with Crippen molar-refractivity contribution in [3.05, 3.63) is 0 Å². The summed E-state index contributed by atoms with van der Waals surface area (Å²) in [5.74, 6) is -0.296. The van der Waals surface area contributed by atoms with Crippen LogP contribution in [0.5, 0.6) is 0 Å². The lowest BCUT2D eigenvalue weighted by atomic mass is 10.5. The predicted octanol–water partition coefficient (Wildman–Crippen LogP) is 1.00. The third-order valence-electron chi connectivity index (χ3n) is 0.445. The highest BCUT2D eigenvalue weighted by atomic mass is 32.1. The van der Waals surface area contributed by atoms with Crippen LogP contribution < -0.4 is 0 Å². The Bertz CT molecular complexity index is 73.3. The summed E-state index contributed by atoms with van der Waals surface area (Å²) >= 11 is 3.23. The van der Waals surface area contributed by atoms with E-state index in [0.717, 1.165) is 0 Å². The van der Waals surface area contributed by atoms with Gasteiger partial charge < -0.3 is 4.28 Å². The zero-order chi connectivity index (χ0) is 5.70. The first kappa shape index (κ1) is 6.62. The number of hydrogen-bond acceptors (Lipinski definition) is 3. The third-order valence-corrected chi connectivity index (χ3v) is 0.527. The van der Waals surface area contributed by atoms with Gasteiger partial charge in [-0.25, -0.2) is 0 Å². The zero-order valence-corrected chi connectivity index (χ0v) is 4.81. The molecule has 0 unspecified atom stereocenters. The molecule has 4 heteroatoms. The molecule has 0 fully saturated rings. The van der Waals surface area contributed by atoms with Crippen molar-refractivity contribution in [2.45, 2.75) is 13.3 Å². The molecule has 0 atom stereocenters. The Morgan fingerprint density at radius 3 is 2.71 bits per heavy atom. The molecule has 0 aliphatic carbocycles. The smallest absolute Gasteiger partial charge is 0.282 e. The summed E-state index contributed by atoms with van der Waals surface area (Å²) < 4.78 is 3.86. The highest BCUT2D eigenvalue weighted by Gasteiger charge is 1.88. The number of oxime groups is 1. The lowest BCUT2D eigenvalue weighted by molar-refractivity contribution is 0.343. The maximum atomic E-state index is 10.1. The Morgan fingerprint density at radius 1 is 2.00 bits per heavy atom. The maximum Gasteiger partial charge on any atom is 0.282 e. The number of rotatable bonds is 2. The number of hydrogen-bond donors (Lipinski definition) is 1. The van der Waals surface area contributed by atoms with E-state index in [9.17, 15) is 5.11 Å². The van der Waals surface area contributed by atoms with Crippen molar-refractivity contribution < 1.29 is 9.39 Å². The summed E-state index contributed by atoms with van der Waals surface area (Å²) in [6, 6.07) is 0. The van der Waals surface area contributed by atoms with Gasteiger partial charge in [0.05, 0.1) is 12.9 Å². The van der Waals surface area contributed by atoms with Gasteiger partial charge in [0.15, 0.2) is 0 Å². The van der Waals surface area contributed by atoms with Crippen molar-refractivity contribution in [3.63, 3.8) is 0 Å². The fraction of sp³-hybridized carbons (Fsp3) is 0.667. The number of nitrogens with zero attached hydrogens (tertiary/aromatic N) is 1. The predicted molar refractivity (Wildman–Crippen MR) is 28.5 cm³/mol. The minimum Gasteiger partial charge on any atom is -0.322 e. The molecule has 41 valence electrons. The van der Waals surface area contributed by atoms with Gasteiger partial charge in [0, 0.05) is 6.42 Å². The van der Waals surface area contributed by atoms with Crippen LogP contribution in [-0.2, 0) is 9.39 Å². The Labute approximate surface area is 47.6 Å². The summed E-state index contributed by atoms with van der Waals surface area (Å²) in [6.45, 7) is 1.69. The fourth-order valence-electron chi connectivity index (χ4n) is 0.110. The third kappa shape index (κ3) is 3.45. The molecule has 0 aliphatic heterocycles. The molecule has 0 aromatic carbocycles. The van der Waals surface area contributed by atoms with Crippen molar-refractivity contribution in [1.82, 2.24) is 0 Å². The molecule has 0 saturated carbocycles. The van der Waals surface area contributed by atoms with Gasteiger partial charge in [-0.15, -0.1) is 0 Å². The molecule has 0 aliphatic rings. The van der Waals surface area contributed by atoms with Crippen LogP contribution in [0.25, 0.3) is 0 Å². The molecule has 0 bridgehead atoms. The van der Waals surface area contributed by atoms with Crippen LogP contribution in [0.3, 0.4) is 0 Å².